The summed E-state index contributed by atoms with van der Waals surface area (Å²) >= 11 is 0. The zero-order valence-electron chi connectivity index (χ0n) is 18.9. The number of hydrogen-bond donors (Lipinski definition) is 1. The van der Waals surface area contributed by atoms with E-state index in [-0.39, 0.29) is 23.7 Å². The molecule has 0 radical (unpaired) electrons. The number of nitrogens with one attached hydrogen (secondary N) is 1. The molecule has 1 unspecified atom stereocenters. The molecule has 1 aromatic rings. The molecular weight excluding hydrogens is 416 g/mol. The zero-order valence-corrected chi connectivity index (χ0v) is 18.9. The second kappa shape index (κ2) is 10.9. The first-order valence-electron chi connectivity index (χ1n) is 11.6. The molecule has 8 heteroatoms. The van der Waals surface area contributed by atoms with Crippen molar-refractivity contribution in [2.45, 2.75) is 58.4 Å². The number of hydrogen-bond acceptors (Lipinski definition) is 3. The van der Waals surface area contributed by atoms with Gasteiger partial charge in [0.05, 0.1) is 0 Å². The molecule has 0 aliphatic carbocycles. The first-order valence-corrected chi connectivity index (χ1v) is 11.6. The lowest BCUT2D eigenvalue weighted by molar-refractivity contribution is -0.142. The molecule has 0 spiro atoms. The third-order valence-electron chi connectivity index (χ3n) is 6.48. The van der Waals surface area contributed by atoms with Crippen molar-refractivity contribution in [3.8, 4) is 0 Å². The molecule has 2 heterocycles. The maximum atomic E-state index is 14.0. The summed E-state index contributed by atoms with van der Waals surface area (Å²) in [5.41, 5.74) is -0.687. The predicted molar refractivity (Wildman–Crippen MR) is 117 cm³/mol. The van der Waals surface area contributed by atoms with Crippen molar-refractivity contribution in [3.05, 3.63) is 35.4 Å². The van der Waals surface area contributed by atoms with Crippen molar-refractivity contribution in [3.63, 3.8) is 0 Å². The van der Waals surface area contributed by atoms with Gasteiger partial charge in [0.2, 0.25) is 11.8 Å². The Hall–Kier alpha value is -2.51. The van der Waals surface area contributed by atoms with Gasteiger partial charge in [0.1, 0.15) is 23.2 Å². The van der Waals surface area contributed by atoms with Gasteiger partial charge in [-0.05, 0) is 43.7 Å². The molecule has 0 aromatic heterocycles. The quantitative estimate of drug-likeness (QED) is 0.750. The van der Waals surface area contributed by atoms with Gasteiger partial charge in [-0.15, -0.1) is 0 Å². The van der Waals surface area contributed by atoms with Crippen LogP contribution in [-0.4, -0.2) is 59.7 Å². The summed E-state index contributed by atoms with van der Waals surface area (Å²) in [6.07, 6.45) is 5.58. The van der Waals surface area contributed by atoms with Crippen LogP contribution in [0.3, 0.4) is 0 Å². The van der Waals surface area contributed by atoms with Crippen LogP contribution in [0, 0.1) is 23.5 Å². The summed E-state index contributed by atoms with van der Waals surface area (Å²) in [4.78, 5) is 42.1. The van der Waals surface area contributed by atoms with Crippen LogP contribution in [0.15, 0.2) is 18.2 Å². The molecule has 6 nitrogen and oxygen atoms in total. The molecule has 2 aliphatic rings. The smallest absolute Gasteiger partial charge is 0.257 e. The zero-order chi connectivity index (χ0) is 23.3. The Morgan fingerprint density at radius 2 is 1.47 bits per heavy atom. The molecule has 0 saturated carbocycles. The van der Waals surface area contributed by atoms with Gasteiger partial charge in [-0.1, -0.05) is 32.8 Å². The summed E-state index contributed by atoms with van der Waals surface area (Å²) in [6, 6.07) is 2.30. The number of benzene rings is 1. The van der Waals surface area contributed by atoms with E-state index in [1.807, 2.05) is 4.90 Å². The molecule has 32 heavy (non-hydrogen) atoms. The average molecular weight is 450 g/mol. The molecule has 2 saturated heterocycles. The normalized spacial score (nSPS) is 18.9. The topological polar surface area (TPSA) is 69.7 Å². The van der Waals surface area contributed by atoms with Crippen LogP contribution in [0.4, 0.5) is 8.78 Å². The molecule has 1 N–H and O–H groups in total. The fourth-order valence-corrected chi connectivity index (χ4v) is 4.53. The summed E-state index contributed by atoms with van der Waals surface area (Å²) in [5, 5.41) is 2.52. The van der Waals surface area contributed by atoms with E-state index in [9.17, 15) is 23.2 Å². The van der Waals surface area contributed by atoms with Gasteiger partial charge in [-0.2, -0.15) is 0 Å². The van der Waals surface area contributed by atoms with Gasteiger partial charge in [-0.3, -0.25) is 14.4 Å². The van der Waals surface area contributed by atoms with Crippen LogP contribution in [0.1, 0.15) is 62.7 Å². The highest BCUT2D eigenvalue weighted by Gasteiger charge is 2.35. The predicted octanol–water partition coefficient (Wildman–Crippen LogP) is 3.36. The van der Waals surface area contributed by atoms with E-state index in [1.165, 1.54) is 6.07 Å². The maximum Gasteiger partial charge on any atom is 0.257 e. The van der Waals surface area contributed by atoms with Crippen LogP contribution in [0.5, 0.6) is 0 Å². The lowest BCUT2D eigenvalue weighted by Gasteiger charge is -2.36. The Labute approximate surface area is 188 Å². The monoisotopic (exact) mass is 449 g/mol. The van der Waals surface area contributed by atoms with Gasteiger partial charge < -0.3 is 15.1 Å². The Balaban J connectivity index is 1.60. The molecule has 1 atom stereocenters. The lowest BCUT2D eigenvalue weighted by atomic mass is 9.93. The minimum atomic E-state index is -0.967. The van der Waals surface area contributed by atoms with Crippen LogP contribution < -0.4 is 5.32 Å². The van der Waals surface area contributed by atoms with Gasteiger partial charge in [-0.25, -0.2) is 8.78 Å². The fraction of sp³-hybridized carbons (Fsp3) is 0.625. The van der Waals surface area contributed by atoms with Crippen LogP contribution in [0.2, 0.25) is 0 Å². The highest BCUT2D eigenvalue weighted by atomic mass is 19.1. The summed E-state index contributed by atoms with van der Waals surface area (Å²) < 4.78 is 27.9. The third kappa shape index (κ3) is 5.64. The van der Waals surface area contributed by atoms with E-state index in [1.54, 1.807) is 18.7 Å². The number of carbonyl (C=O) groups excluding carboxylic acids is 3. The Morgan fingerprint density at radius 1 is 0.906 bits per heavy atom. The Morgan fingerprint density at radius 3 is 2.00 bits per heavy atom. The Kier molecular flexibility index (Phi) is 8.21. The van der Waals surface area contributed by atoms with Crippen LogP contribution in [-0.2, 0) is 9.59 Å². The number of carbonyl (C=O) groups is 3. The van der Waals surface area contributed by atoms with Crippen molar-refractivity contribution in [2.75, 3.05) is 26.2 Å². The third-order valence-corrected chi connectivity index (χ3v) is 6.48. The number of piperidine rings is 1. The highest BCUT2D eigenvalue weighted by molar-refractivity contribution is 5.98. The van der Waals surface area contributed by atoms with E-state index in [0.717, 1.165) is 50.9 Å². The van der Waals surface area contributed by atoms with Crippen molar-refractivity contribution in [1.82, 2.24) is 15.1 Å². The minimum Gasteiger partial charge on any atom is -0.342 e. The number of nitrogens with zero attached hydrogens (tertiary/aromatic N) is 2. The molecule has 176 valence electrons. The molecular formula is C24H33F2N3O3. The van der Waals surface area contributed by atoms with E-state index >= 15 is 0 Å². The fourth-order valence-electron chi connectivity index (χ4n) is 4.53. The van der Waals surface area contributed by atoms with Crippen molar-refractivity contribution >= 4 is 17.7 Å². The molecule has 3 amide bonds. The summed E-state index contributed by atoms with van der Waals surface area (Å²) in [6.45, 7) is 6.02. The largest absolute Gasteiger partial charge is 0.342 e. The molecule has 0 bridgehead atoms. The van der Waals surface area contributed by atoms with E-state index in [0.29, 0.717) is 25.9 Å². The highest BCUT2D eigenvalue weighted by Crippen LogP contribution is 2.23. The maximum absolute atomic E-state index is 14.0. The summed E-state index contributed by atoms with van der Waals surface area (Å²) in [5.74, 6) is -3.34. The lowest BCUT2D eigenvalue weighted by Crippen LogP contribution is -2.54. The average Bonchev–Trinajstić information content (AvgIpc) is 3.06. The van der Waals surface area contributed by atoms with E-state index < -0.39 is 29.1 Å². The minimum absolute atomic E-state index is 0.0863. The van der Waals surface area contributed by atoms with E-state index in [2.05, 4.69) is 5.32 Å². The second-order valence-corrected chi connectivity index (χ2v) is 9.13. The summed E-state index contributed by atoms with van der Waals surface area (Å²) in [7, 11) is 0. The van der Waals surface area contributed by atoms with Crippen molar-refractivity contribution in [2.24, 2.45) is 11.8 Å². The first kappa shape index (κ1) is 24.1. The number of rotatable bonds is 5. The van der Waals surface area contributed by atoms with Crippen LogP contribution >= 0.6 is 0 Å². The Bertz CT molecular complexity index is 810. The van der Waals surface area contributed by atoms with E-state index in [4.69, 9.17) is 0 Å². The number of amides is 3. The van der Waals surface area contributed by atoms with Gasteiger partial charge in [0.25, 0.3) is 5.91 Å². The van der Waals surface area contributed by atoms with Gasteiger partial charge in [0, 0.05) is 32.1 Å². The molecule has 3 rings (SSSR count). The standard InChI is InChI=1S/C24H33F2N3O3/c1-16(2)21(27-22(30)20-18(25)8-7-9-19(20)26)24(32)29-14-10-17(11-15-29)23(31)28-12-5-3-4-6-13-28/h7-9,16-17,21H,3-6,10-15H2,1-2H3,(H,27,30). The SMILES string of the molecule is CC(C)C(NC(=O)c1c(F)cccc1F)C(=O)N1CCC(C(=O)N2CCCCCC2)CC1. The molecule has 1 aromatic carbocycles. The number of halogens is 2. The second-order valence-electron chi connectivity index (χ2n) is 9.13. The molecule has 2 aliphatic heterocycles. The van der Waals surface area contributed by atoms with Gasteiger partial charge >= 0.3 is 0 Å². The van der Waals surface area contributed by atoms with Crippen LogP contribution in [0.25, 0.3) is 0 Å². The number of likely N-dealkylation sites (tertiary alicyclic amines) is 2. The van der Waals surface area contributed by atoms with Crippen molar-refractivity contribution < 1.29 is 23.2 Å². The van der Waals surface area contributed by atoms with Gasteiger partial charge in [0.15, 0.2) is 0 Å². The first-order chi connectivity index (χ1) is 15.3. The van der Waals surface area contributed by atoms with Crippen molar-refractivity contribution in [1.29, 1.82) is 0 Å². The molecule has 2 fully saturated rings.